The molecule has 0 saturated heterocycles. The van der Waals surface area contributed by atoms with E-state index in [1.165, 1.54) is 4.57 Å². The van der Waals surface area contributed by atoms with Crippen molar-refractivity contribution >= 4 is 28.6 Å². The lowest BCUT2D eigenvalue weighted by Crippen LogP contribution is -2.28. The smallest absolute Gasteiger partial charge is 0.408 e. The highest BCUT2D eigenvalue weighted by Gasteiger charge is 2.13. The van der Waals surface area contributed by atoms with Gasteiger partial charge in [-0.15, -0.1) is 0 Å². The van der Waals surface area contributed by atoms with Gasteiger partial charge < -0.3 is 9.73 Å². The average molecular weight is 345 g/mol. The Morgan fingerprint density at radius 3 is 2.75 bits per heavy atom. The van der Waals surface area contributed by atoms with E-state index in [1.807, 2.05) is 37.3 Å². The average Bonchev–Trinajstić information content (AvgIpc) is 2.88. The summed E-state index contributed by atoms with van der Waals surface area (Å²) in [6, 6.07) is 14.6. The number of benzene rings is 2. The van der Waals surface area contributed by atoms with Crippen molar-refractivity contribution < 1.29 is 9.21 Å². The number of amides is 1. The predicted octanol–water partition coefficient (Wildman–Crippen LogP) is 3.52. The summed E-state index contributed by atoms with van der Waals surface area (Å²) < 4.78 is 6.60. The van der Waals surface area contributed by atoms with Crippen molar-refractivity contribution in [3.63, 3.8) is 0 Å². The van der Waals surface area contributed by atoms with Crippen LogP contribution in [0.2, 0.25) is 5.02 Å². The molecule has 2 aromatic carbocycles. The molecule has 1 amide bonds. The van der Waals surface area contributed by atoms with Gasteiger partial charge in [-0.05, 0) is 24.6 Å². The van der Waals surface area contributed by atoms with Crippen LogP contribution in [0.15, 0.2) is 57.7 Å². The third-order valence-electron chi connectivity index (χ3n) is 3.87. The third kappa shape index (κ3) is 3.51. The molecule has 3 rings (SSSR count). The van der Waals surface area contributed by atoms with Gasteiger partial charge in [0.15, 0.2) is 5.58 Å². The second kappa shape index (κ2) is 6.93. The fraction of sp³-hybridized carbons (Fsp3) is 0.222. The van der Waals surface area contributed by atoms with Gasteiger partial charge in [0.25, 0.3) is 0 Å². The maximum atomic E-state index is 12.1. The van der Waals surface area contributed by atoms with E-state index in [0.717, 1.165) is 5.56 Å². The topological polar surface area (TPSA) is 64.2 Å². The largest absolute Gasteiger partial charge is 0.419 e. The number of hydrogen-bond donors (Lipinski definition) is 1. The first-order valence-electron chi connectivity index (χ1n) is 7.68. The quantitative estimate of drug-likeness (QED) is 0.770. The van der Waals surface area contributed by atoms with Crippen LogP contribution in [0.1, 0.15) is 24.9 Å². The lowest BCUT2D eigenvalue weighted by molar-refractivity contribution is -0.121. The molecule has 0 unspecified atom stereocenters. The van der Waals surface area contributed by atoms with Crippen molar-refractivity contribution in [3.05, 3.63) is 69.7 Å². The first-order chi connectivity index (χ1) is 11.5. The number of hydrogen-bond acceptors (Lipinski definition) is 3. The predicted molar refractivity (Wildman–Crippen MR) is 93.1 cm³/mol. The SMILES string of the molecule is C[C@H](NC(=O)CCn1c(=O)oc2cc(Cl)ccc21)c1ccccc1. The number of aryl methyl sites for hydroxylation is 1. The highest BCUT2D eigenvalue weighted by molar-refractivity contribution is 6.31. The van der Waals surface area contributed by atoms with Gasteiger partial charge in [0, 0.05) is 24.1 Å². The van der Waals surface area contributed by atoms with E-state index in [2.05, 4.69) is 5.32 Å². The molecule has 3 aromatic rings. The minimum Gasteiger partial charge on any atom is -0.408 e. The Labute approximate surface area is 143 Å². The zero-order valence-electron chi connectivity index (χ0n) is 13.2. The lowest BCUT2D eigenvalue weighted by atomic mass is 10.1. The molecule has 6 heteroatoms. The molecule has 0 aliphatic carbocycles. The first-order valence-corrected chi connectivity index (χ1v) is 8.05. The monoisotopic (exact) mass is 344 g/mol. The van der Waals surface area contributed by atoms with Crippen molar-refractivity contribution in [1.82, 2.24) is 9.88 Å². The zero-order valence-corrected chi connectivity index (χ0v) is 13.9. The number of nitrogens with one attached hydrogen (secondary N) is 1. The van der Waals surface area contributed by atoms with Crippen molar-refractivity contribution in [2.24, 2.45) is 0 Å². The number of halogens is 1. The Hall–Kier alpha value is -2.53. The summed E-state index contributed by atoms with van der Waals surface area (Å²) in [5, 5.41) is 3.43. The van der Waals surface area contributed by atoms with Crippen LogP contribution in [-0.4, -0.2) is 10.5 Å². The Kier molecular flexibility index (Phi) is 4.71. The molecule has 1 aromatic heterocycles. The molecule has 5 nitrogen and oxygen atoms in total. The molecule has 24 heavy (non-hydrogen) atoms. The van der Waals surface area contributed by atoms with Crippen LogP contribution in [-0.2, 0) is 11.3 Å². The Balaban J connectivity index is 1.67. The molecule has 0 bridgehead atoms. The van der Waals surface area contributed by atoms with E-state index in [-0.39, 0.29) is 24.9 Å². The maximum absolute atomic E-state index is 12.1. The van der Waals surface area contributed by atoms with Gasteiger partial charge in [-0.3, -0.25) is 9.36 Å². The maximum Gasteiger partial charge on any atom is 0.419 e. The summed E-state index contributed by atoms with van der Waals surface area (Å²) >= 11 is 5.89. The summed E-state index contributed by atoms with van der Waals surface area (Å²) in [6.45, 7) is 2.18. The van der Waals surface area contributed by atoms with E-state index in [9.17, 15) is 9.59 Å². The van der Waals surface area contributed by atoms with Crippen molar-refractivity contribution in [1.29, 1.82) is 0 Å². The van der Waals surface area contributed by atoms with Gasteiger partial charge in [0.05, 0.1) is 11.6 Å². The molecule has 0 saturated carbocycles. The van der Waals surface area contributed by atoms with E-state index in [4.69, 9.17) is 16.0 Å². The van der Waals surface area contributed by atoms with Crippen LogP contribution in [0.4, 0.5) is 0 Å². The van der Waals surface area contributed by atoms with Crippen LogP contribution >= 0.6 is 11.6 Å². The molecule has 0 aliphatic heterocycles. The minimum atomic E-state index is -0.490. The molecule has 1 N–H and O–H groups in total. The van der Waals surface area contributed by atoms with Gasteiger partial charge in [-0.2, -0.15) is 0 Å². The Morgan fingerprint density at radius 2 is 2.00 bits per heavy atom. The highest BCUT2D eigenvalue weighted by atomic mass is 35.5. The summed E-state index contributed by atoms with van der Waals surface area (Å²) in [5.74, 6) is -0.613. The fourth-order valence-corrected chi connectivity index (χ4v) is 2.77. The molecule has 0 radical (unpaired) electrons. The summed E-state index contributed by atoms with van der Waals surface area (Å²) in [5.41, 5.74) is 2.09. The number of rotatable bonds is 5. The molecule has 0 spiro atoms. The number of carbonyl (C=O) groups is 1. The van der Waals surface area contributed by atoms with Crippen LogP contribution < -0.4 is 11.1 Å². The highest BCUT2D eigenvalue weighted by Crippen LogP contribution is 2.18. The summed E-state index contributed by atoms with van der Waals surface area (Å²) in [7, 11) is 0. The molecular weight excluding hydrogens is 328 g/mol. The normalized spacial score (nSPS) is 12.2. The van der Waals surface area contributed by atoms with Crippen molar-refractivity contribution in [3.8, 4) is 0 Å². The first kappa shape index (κ1) is 16.3. The van der Waals surface area contributed by atoms with Gasteiger partial charge in [0.2, 0.25) is 5.91 Å². The number of carbonyl (C=O) groups excluding carboxylic acids is 1. The standard InChI is InChI=1S/C18H17ClN2O3/c1-12(13-5-3-2-4-6-13)20-17(22)9-10-21-15-8-7-14(19)11-16(15)24-18(21)23/h2-8,11-12H,9-10H2,1H3,(H,20,22)/t12-/m0/s1. The van der Waals surface area contributed by atoms with Gasteiger partial charge in [0.1, 0.15) is 0 Å². The fourth-order valence-electron chi connectivity index (χ4n) is 2.60. The summed E-state index contributed by atoms with van der Waals surface area (Å²) in [6.07, 6.45) is 0.189. The van der Waals surface area contributed by atoms with E-state index >= 15 is 0 Å². The summed E-state index contributed by atoms with van der Waals surface area (Å²) in [4.78, 5) is 24.1. The third-order valence-corrected chi connectivity index (χ3v) is 4.10. The van der Waals surface area contributed by atoms with Gasteiger partial charge >= 0.3 is 5.76 Å². The van der Waals surface area contributed by atoms with Crippen LogP contribution in [0.25, 0.3) is 11.1 Å². The number of oxazole rings is 1. The van der Waals surface area contributed by atoms with E-state index in [1.54, 1.807) is 18.2 Å². The molecule has 0 aliphatic rings. The van der Waals surface area contributed by atoms with Crippen LogP contribution in [0.5, 0.6) is 0 Å². The molecule has 0 fully saturated rings. The second-order valence-corrected chi connectivity index (χ2v) is 6.02. The van der Waals surface area contributed by atoms with E-state index < -0.39 is 5.76 Å². The number of aromatic nitrogens is 1. The molecule has 124 valence electrons. The molecular formula is C18H17ClN2O3. The van der Waals surface area contributed by atoms with Gasteiger partial charge in [-0.25, -0.2) is 4.79 Å². The van der Waals surface area contributed by atoms with Crippen LogP contribution in [0.3, 0.4) is 0 Å². The molecule has 1 atom stereocenters. The van der Waals surface area contributed by atoms with Gasteiger partial charge in [-0.1, -0.05) is 41.9 Å². The molecule has 1 heterocycles. The van der Waals surface area contributed by atoms with E-state index in [0.29, 0.717) is 16.1 Å². The lowest BCUT2D eigenvalue weighted by Gasteiger charge is -2.14. The Bertz CT molecular complexity index is 915. The second-order valence-electron chi connectivity index (χ2n) is 5.58. The van der Waals surface area contributed by atoms with Crippen molar-refractivity contribution in [2.75, 3.05) is 0 Å². The van der Waals surface area contributed by atoms with Crippen LogP contribution in [0, 0.1) is 0 Å². The number of fused-ring (bicyclic) bond motifs is 1. The minimum absolute atomic E-state index is 0.0877. The number of nitrogens with zero attached hydrogens (tertiary/aromatic N) is 1. The Morgan fingerprint density at radius 1 is 1.25 bits per heavy atom. The zero-order chi connectivity index (χ0) is 17.1. The van der Waals surface area contributed by atoms with Crippen molar-refractivity contribution in [2.45, 2.75) is 25.9 Å².